The van der Waals surface area contributed by atoms with E-state index in [9.17, 15) is 9.59 Å². The van der Waals surface area contributed by atoms with Crippen LogP contribution in [-0.4, -0.2) is 42.4 Å². The Morgan fingerprint density at radius 1 is 1.20 bits per heavy atom. The van der Waals surface area contributed by atoms with E-state index in [-0.39, 0.29) is 23.8 Å². The first kappa shape index (κ1) is 17.9. The third kappa shape index (κ3) is 4.40. The van der Waals surface area contributed by atoms with E-state index in [1.165, 1.54) is 0 Å². The van der Waals surface area contributed by atoms with E-state index in [0.29, 0.717) is 19.0 Å². The van der Waals surface area contributed by atoms with Gasteiger partial charge in [-0.1, -0.05) is 17.2 Å². The number of nitrogens with two attached hydrogens (primary N) is 1. The molecule has 3 rings (SSSR count). The van der Waals surface area contributed by atoms with Gasteiger partial charge in [-0.3, -0.25) is 9.59 Å². The zero-order valence-corrected chi connectivity index (χ0v) is 15.3. The van der Waals surface area contributed by atoms with Crippen molar-refractivity contribution in [2.45, 2.75) is 45.6 Å². The molecule has 25 heavy (non-hydrogen) atoms. The first-order valence-corrected chi connectivity index (χ1v) is 9.36. The third-order valence-electron chi connectivity index (χ3n) is 5.32. The molecule has 1 aromatic carbocycles. The summed E-state index contributed by atoms with van der Waals surface area (Å²) in [5, 5.41) is 3.11. The highest BCUT2D eigenvalue weighted by Crippen LogP contribution is 2.32. The zero-order valence-electron chi connectivity index (χ0n) is 15.3. The first-order chi connectivity index (χ1) is 12.0. The van der Waals surface area contributed by atoms with E-state index in [2.05, 4.69) is 11.4 Å². The number of rotatable bonds is 5. The third-order valence-corrected chi connectivity index (χ3v) is 5.32. The number of likely N-dealkylation sites (tertiary alicyclic amines) is 1. The minimum Gasteiger partial charge on any atom is -0.352 e. The Hall–Kier alpha value is -1.88. The molecule has 2 unspecified atom stereocenters. The number of aryl methyl sites for hydroxylation is 2. The maximum atomic E-state index is 12.8. The fraction of sp³-hybridized carbons (Fsp3) is 0.600. The van der Waals surface area contributed by atoms with Crippen molar-refractivity contribution in [1.29, 1.82) is 0 Å². The van der Waals surface area contributed by atoms with Gasteiger partial charge in [-0.25, -0.2) is 0 Å². The number of carbonyl (C=O) groups is 2. The molecule has 136 valence electrons. The molecule has 0 bridgehead atoms. The molecule has 5 heteroatoms. The maximum absolute atomic E-state index is 12.8. The summed E-state index contributed by atoms with van der Waals surface area (Å²) < 4.78 is 0. The number of hydrogen-bond acceptors (Lipinski definition) is 3. The van der Waals surface area contributed by atoms with Gasteiger partial charge in [0, 0.05) is 31.2 Å². The van der Waals surface area contributed by atoms with Crippen molar-refractivity contribution in [3.63, 3.8) is 0 Å². The van der Waals surface area contributed by atoms with E-state index in [1.807, 2.05) is 30.9 Å². The van der Waals surface area contributed by atoms with Crippen molar-refractivity contribution in [2.75, 3.05) is 19.6 Å². The van der Waals surface area contributed by atoms with Gasteiger partial charge < -0.3 is 16.0 Å². The van der Waals surface area contributed by atoms with Crippen LogP contribution >= 0.6 is 0 Å². The Bertz CT molecular complexity index is 634. The van der Waals surface area contributed by atoms with Crippen LogP contribution in [-0.2, 0) is 4.79 Å². The molecular weight excluding hydrogens is 314 g/mol. The molecule has 2 amide bonds. The SMILES string of the molecule is Cc1cc(C)cc(C(=O)N2CCCC(C(=O)NC(CN)C3CC3)C2)c1. The molecule has 2 fully saturated rings. The average Bonchev–Trinajstić information content (AvgIpc) is 3.43. The lowest BCUT2D eigenvalue weighted by Crippen LogP contribution is -2.49. The standard InChI is InChI=1S/C20H29N3O2/c1-13-8-14(2)10-17(9-13)20(25)23-7-3-4-16(12-23)19(24)22-18(11-21)15-5-6-15/h8-10,15-16,18H,3-7,11-12,21H2,1-2H3,(H,22,24). The fourth-order valence-corrected chi connectivity index (χ4v) is 3.82. The Kier molecular flexibility index (Phi) is 5.42. The lowest BCUT2D eigenvalue weighted by Gasteiger charge is -2.33. The largest absolute Gasteiger partial charge is 0.352 e. The van der Waals surface area contributed by atoms with E-state index in [0.717, 1.165) is 48.9 Å². The second kappa shape index (κ2) is 7.56. The number of piperidine rings is 1. The maximum Gasteiger partial charge on any atom is 0.253 e. The molecule has 0 aromatic heterocycles. The summed E-state index contributed by atoms with van der Waals surface area (Å²) in [6.45, 7) is 5.72. The van der Waals surface area contributed by atoms with Gasteiger partial charge in [0.05, 0.1) is 5.92 Å². The Balaban J connectivity index is 1.63. The summed E-state index contributed by atoms with van der Waals surface area (Å²) in [5.41, 5.74) is 8.69. The van der Waals surface area contributed by atoms with Crippen molar-refractivity contribution in [3.8, 4) is 0 Å². The predicted molar refractivity (Wildman–Crippen MR) is 98.3 cm³/mol. The predicted octanol–water partition coefficient (Wildman–Crippen LogP) is 2.01. The lowest BCUT2D eigenvalue weighted by atomic mass is 9.95. The van der Waals surface area contributed by atoms with Gasteiger partial charge in [-0.05, 0) is 57.6 Å². The van der Waals surface area contributed by atoms with Crippen LogP contribution in [0.15, 0.2) is 18.2 Å². The highest BCUT2D eigenvalue weighted by Gasteiger charge is 2.34. The minimum atomic E-state index is -0.128. The van der Waals surface area contributed by atoms with Crippen molar-refractivity contribution in [1.82, 2.24) is 10.2 Å². The molecular formula is C20H29N3O2. The van der Waals surface area contributed by atoms with E-state index in [4.69, 9.17) is 5.73 Å². The molecule has 2 atom stereocenters. The summed E-state index contributed by atoms with van der Waals surface area (Å²) in [5.74, 6) is 0.504. The van der Waals surface area contributed by atoms with E-state index >= 15 is 0 Å². The van der Waals surface area contributed by atoms with Gasteiger partial charge in [0.2, 0.25) is 5.91 Å². The number of nitrogens with zero attached hydrogens (tertiary/aromatic N) is 1. The smallest absolute Gasteiger partial charge is 0.253 e. The monoisotopic (exact) mass is 343 g/mol. The van der Waals surface area contributed by atoms with Crippen LogP contribution in [0.5, 0.6) is 0 Å². The van der Waals surface area contributed by atoms with Crippen LogP contribution in [0.25, 0.3) is 0 Å². The molecule has 0 spiro atoms. The normalized spacial score (nSPS) is 21.7. The molecule has 1 saturated carbocycles. The van der Waals surface area contributed by atoms with E-state index in [1.54, 1.807) is 0 Å². The topological polar surface area (TPSA) is 75.4 Å². The fourth-order valence-electron chi connectivity index (χ4n) is 3.82. The minimum absolute atomic E-state index is 0.0295. The molecule has 3 N–H and O–H groups in total. The van der Waals surface area contributed by atoms with Gasteiger partial charge in [-0.15, -0.1) is 0 Å². The van der Waals surface area contributed by atoms with Crippen molar-refractivity contribution in [3.05, 3.63) is 34.9 Å². The first-order valence-electron chi connectivity index (χ1n) is 9.36. The van der Waals surface area contributed by atoms with Gasteiger partial charge in [0.1, 0.15) is 0 Å². The van der Waals surface area contributed by atoms with Crippen LogP contribution in [0.2, 0.25) is 0 Å². The zero-order chi connectivity index (χ0) is 18.0. The molecule has 2 aliphatic rings. The van der Waals surface area contributed by atoms with Crippen LogP contribution in [0.3, 0.4) is 0 Å². The summed E-state index contributed by atoms with van der Waals surface area (Å²) in [7, 11) is 0. The number of nitrogens with one attached hydrogen (secondary N) is 1. The molecule has 1 aliphatic heterocycles. The molecule has 1 heterocycles. The lowest BCUT2D eigenvalue weighted by molar-refractivity contribution is -0.127. The second-order valence-electron chi connectivity index (χ2n) is 7.65. The van der Waals surface area contributed by atoms with E-state index < -0.39 is 0 Å². The molecule has 1 aromatic rings. The summed E-state index contributed by atoms with van der Waals surface area (Å²) in [6.07, 6.45) is 4.02. The molecule has 1 saturated heterocycles. The number of carbonyl (C=O) groups excluding carboxylic acids is 2. The van der Waals surface area contributed by atoms with Crippen LogP contribution in [0.4, 0.5) is 0 Å². The van der Waals surface area contributed by atoms with Crippen molar-refractivity contribution >= 4 is 11.8 Å². The number of hydrogen-bond donors (Lipinski definition) is 2. The second-order valence-corrected chi connectivity index (χ2v) is 7.65. The Morgan fingerprint density at radius 3 is 2.48 bits per heavy atom. The quantitative estimate of drug-likeness (QED) is 0.859. The summed E-state index contributed by atoms with van der Waals surface area (Å²) in [6, 6.07) is 6.01. The van der Waals surface area contributed by atoms with Gasteiger partial charge in [0.15, 0.2) is 0 Å². The van der Waals surface area contributed by atoms with Gasteiger partial charge in [-0.2, -0.15) is 0 Å². The van der Waals surface area contributed by atoms with Crippen molar-refractivity contribution in [2.24, 2.45) is 17.6 Å². The molecule has 5 nitrogen and oxygen atoms in total. The van der Waals surface area contributed by atoms with Crippen LogP contribution in [0, 0.1) is 25.7 Å². The van der Waals surface area contributed by atoms with Crippen LogP contribution in [0.1, 0.15) is 47.2 Å². The Morgan fingerprint density at radius 2 is 1.88 bits per heavy atom. The Labute approximate surface area is 150 Å². The number of benzene rings is 1. The van der Waals surface area contributed by atoms with Gasteiger partial charge >= 0.3 is 0 Å². The average molecular weight is 343 g/mol. The van der Waals surface area contributed by atoms with Crippen LogP contribution < -0.4 is 11.1 Å². The molecule has 1 aliphatic carbocycles. The van der Waals surface area contributed by atoms with Gasteiger partial charge in [0.25, 0.3) is 5.91 Å². The highest BCUT2D eigenvalue weighted by atomic mass is 16.2. The molecule has 0 radical (unpaired) electrons. The summed E-state index contributed by atoms with van der Waals surface area (Å²) in [4.78, 5) is 27.3. The summed E-state index contributed by atoms with van der Waals surface area (Å²) >= 11 is 0. The van der Waals surface area contributed by atoms with Crippen molar-refractivity contribution < 1.29 is 9.59 Å². The number of amides is 2. The highest BCUT2D eigenvalue weighted by molar-refractivity contribution is 5.95.